The van der Waals surface area contributed by atoms with Crippen LogP contribution in [0.5, 0.6) is 0 Å². The molecule has 0 amide bonds. The van der Waals surface area contributed by atoms with Crippen molar-refractivity contribution in [3.8, 4) is 0 Å². The molecule has 6 nitrogen and oxygen atoms in total. The highest BCUT2D eigenvalue weighted by molar-refractivity contribution is 7.92. The Morgan fingerprint density at radius 2 is 1.48 bits per heavy atom. The van der Waals surface area contributed by atoms with Crippen LogP contribution in [0.3, 0.4) is 0 Å². The van der Waals surface area contributed by atoms with E-state index in [0.717, 1.165) is 5.56 Å². The van der Waals surface area contributed by atoms with Gasteiger partial charge in [0.1, 0.15) is 0 Å². The number of hydrogen-bond acceptors (Lipinski definition) is 6. The summed E-state index contributed by atoms with van der Waals surface area (Å²) in [6.07, 6.45) is 0. The van der Waals surface area contributed by atoms with Crippen LogP contribution in [0.2, 0.25) is 0 Å². The van der Waals surface area contributed by atoms with Gasteiger partial charge < -0.3 is 9.47 Å². The first-order valence-electron chi connectivity index (χ1n) is 8.39. The monoisotopic (exact) mass is 368 g/mol. The number of esters is 2. The first kappa shape index (κ1) is 19.4. The van der Waals surface area contributed by atoms with Gasteiger partial charge >= 0.3 is 11.9 Å². The molecule has 0 spiro atoms. The number of rotatable bonds is 7. The normalized spacial score (nSPS) is 21.4. The third kappa shape index (κ3) is 3.17. The van der Waals surface area contributed by atoms with Crippen molar-refractivity contribution in [2.75, 3.05) is 19.0 Å². The minimum Gasteiger partial charge on any atom is -0.465 e. The Morgan fingerprint density at radius 1 is 1.00 bits per heavy atom. The second-order valence-corrected chi connectivity index (χ2v) is 8.48. The Labute approximate surface area is 148 Å². The molecule has 25 heavy (non-hydrogen) atoms. The molecule has 2 rings (SSSR count). The summed E-state index contributed by atoms with van der Waals surface area (Å²) in [6.45, 7) is 6.74. The van der Waals surface area contributed by atoms with Crippen LogP contribution in [-0.4, -0.2) is 44.6 Å². The zero-order valence-electron chi connectivity index (χ0n) is 14.9. The van der Waals surface area contributed by atoms with Crippen LogP contribution in [0, 0.1) is 12.3 Å². The summed E-state index contributed by atoms with van der Waals surface area (Å²) >= 11 is 0. The summed E-state index contributed by atoms with van der Waals surface area (Å²) in [5.41, 5.74) is -0.207. The van der Waals surface area contributed by atoms with Gasteiger partial charge in [-0.05, 0) is 26.3 Å². The molecular formula is C18H24O6S. The summed E-state index contributed by atoms with van der Waals surface area (Å²) in [7, 11) is -3.67. The molecule has 0 aromatic heterocycles. The van der Waals surface area contributed by atoms with Gasteiger partial charge in [0.15, 0.2) is 15.3 Å². The number of benzene rings is 1. The van der Waals surface area contributed by atoms with Crippen LogP contribution in [0.4, 0.5) is 0 Å². The zero-order valence-corrected chi connectivity index (χ0v) is 15.8. The minimum atomic E-state index is -3.67. The van der Waals surface area contributed by atoms with Gasteiger partial charge in [0, 0.05) is 11.7 Å². The highest BCUT2D eigenvalue weighted by Gasteiger charge is 2.81. The van der Waals surface area contributed by atoms with E-state index in [1.165, 1.54) is 6.92 Å². The number of sulfone groups is 1. The van der Waals surface area contributed by atoms with Gasteiger partial charge in [-0.15, -0.1) is 0 Å². The summed E-state index contributed by atoms with van der Waals surface area (Å²) in [4.78, 5) is 25.4. The standard InChI is InChI=1S/C18H24O6S/c1-5-23-16(19)18(17(20)24-6-2)14(15(18)25(21,22)7-3)13-10-8-12(4)9-11-13/h8-11,14-15H,5-7H2,1-4H3/t14-,15-/m0/s1. The lowest BCUT2D eigenvalue weighted by Gasteiger charge is -2.15. The number of ether oxygens (including phenoxy) is 2. The molecule has 0 unspecified atom stereocenters. The van der Waals surface area contributed by atoms with E-state index in [1.54, 1.807) is 26.0 Å². The summed E-state index contributed by atoms with van der Waals surface area (Å²) in [5.74, 6) is -2.63. The topological polar surface area (TPSA) is 86.7 Å². The molecule has 7 heteroatoms. The molecule has 0 N–H and O–H groups in total. The molecule has 2 atom stereocenters. The van der Waals surface area contributed by atoms with Gasteiger partial charge in [0.05, 0.1) is 18.5 Å². The van der Waals surface area contributed by atoms with Gasteiger partial charge in [0.25, 0.3) is 0 Å². The van der Waals surface area contributed by atoms with Crippen LogP contribution >= 0.6 is 0 Å². The lowest BCUT2D eigenvalue weighted by Crippen LogP contribution is -2.36. The van der Waals surface area contributed by atoms with Gasteiger partial charge in [-0.3, -0.25) is 9.59 Å². The van der Waals surface area contributed by atoms with Crippen molar-refractivity contribution in [3.05, 3.63) is 35.4 Å². The van der Waals surface area contributed by atoms with Crippen LogP contribution in [0.1, 0.15) is 37.8 Å². The van der Waals surface area contributed by atoms with Crippen LogP contribution in [0.15, 0.2) is 24.3 Å². The van der Waals surface area contributed by atoms with Crippen molar-refractivity contribution < 1.29 is 27.5 Å². The first-order valence-corrected chi connectivity index (χ1v) is 10.1. The van der Waals surface area contributed by atoms with E-state index in [-0.39, 0.29) is 19.0 Å². The van der Waals surface area contributed by atoms with E-state index in [1.807, 2.05) is 19.1 Å². The maximum absolute atomic E-state index is 12.7. The highest BCUT2D eigenvalue weighted by atomic mass is 32.2. The molecule has 0 heterocycles. The zero-order chi connectivity index (χ0) is 18.8. The van der Waals surface area contributed by atoms with Gasteiger partial charge in [0.2, 0.25) is 0 Å². The number of aryl methyl sites for hydroxylation is 1. The molecule has 0 bridgehead atoms. The Morgan fingerprint density at radius 3 is 1.88 bits per heavy atom. The molecule has 138 valence electrons. The number of carbonyl (C=O) groups excluding carboxylic acids is 2. The quantitative estimate of drug-likeness (QED) is 0.540. The largest absolute Gasteiger partial charge is 0.465 e. The number of hydrogen-bond donors (Lipinski definition) is 0. The Hall–Kier alpha value is -1.89. The lowest BCUT2D eigenvalue weighted by atomic mass is 9.98. The predicted octanol–water partition coefficient (Wildman–Crippen LogP) is 2.01. The lowest BCUT2D eigenvalue weighted by molar-refractivity contribution is -0.164. The average Bonchev–Trinajstić information content (AvgIpc) is 3.28. The molecule has 0 aliphatic heterocycles. The molecule has 0 radical (unpaired) electrons. The van der Waals surface area contributed by atoms with E-state index in [4.69, 9.17) is 9.47 Å². The predicted molar refractivity (Wildman–Crippen MR) is 92.9 cm³/mol. The van der Waals surface area contributed by atoms with E-state index in [2.05, 4.69) is 0 Å². The SMILES string of the molecule is CCOC(=O)C1(C(=O)OCC)[C@@H](c2ccc(C)cc2)[C@@H]1S(=O)(=O)CC. The third-order valence-corrected chi connectivity index (χ3v) is 6.81. The van der Waals surface area contributed by atoms with Crippen LogP contribution in [-0.2, 0) is 28.9 Å². The first-order chi connectivity index (χ1) is 11.8. The van der Waals surface area contributed by atoms with Crippen LogP contribution < -0.4 is 0 Å². The Balaban J connectivity index is 2.61. The van der Waals surface area contributed by atoms with E-state index < -0.39 is 38.4 Å². The van der Waals surface area contributed by atoms with Crippen molar-refractivity contribution in [2.24, 2.45) is 5.41 Å². The molecule has 1 aliphatic carbocycles. The molecule has 1 aliphatic rings. The van der Waals surface area contributed by atoms with Crippen molar-refractivity contribution in [2.45, 2.75) is 38.9 Å². The summed E-state index contributed by atoms with van der Waals surface area (Å²) < 4.78 is 35.4. The summed E-state index contributed by atoms with van der Waals surface area (Å²) in [6, 6.07) is 7.14. The Bertz CT molecular complexity index is 732. The molecular weight excluding hydrogens is 344 g/mol. The van der Waals surface area contributed by atoms with E-state index >= 15 is 0 Å². The van der Waals surface area contributed by atoms with Gasteiger partial charge in [-0.2, -0.15) is 0 Å². The fraction of sp³-hybridized carbons (Fsp3) is 0.556. The second-order valence-electron chi connectivity index (χ2n) is 6.07. The molecule has 1 aromatic carbocycles. The highest BCUT2D eigenvalue weighted by Crippen LogP contribution is 2.64. The fourth-order valence-electron chi connectivity index (χ4n) is 3.31. The average molecular weight is 368 g/mol. The fourth-order valence-corrected chi connectivity index (χ4v) is 5.28. The van der Waals surface area contributed by atoms with Crippen molar-refractivity contribution >= 4 is 21.8 Å². The van der Waals surface area contributed by atoms with Crippen LogP contribution in [0.25, 0.3) is 0 Å². The molecule has 1 saturated carbocycles. The second kappa shape index (κ2) is 7.15. The maximum atomic E-state index is 12.7. The number of carbonyl (C=O) groups is 2. The Kier molecular flexibility index (Phi) is 5.56. The molecule has 0 saturated heterocycles. The molecule has 1 aromatic rings. The maximum Gasteiger partial charge on any atom is 0.325 e. The molecule has 1 fully saturated rings. The van der Waals surface area contributed by atoms with Gasteiger partial charge in [-0.1, -0.05) is 36.8 Å². The van der Waals surface area contributed by atoms with Crippen molar-refractivity contribution in [1.29, 1.82) is 0 Å². The van der Waals surface area contributed by atoms with Gasteiger partial charge in [-0.25, -0.2) is 8.42 Å². The van der Waals surface area contributed by atoms with Crippen molar-refractivity contribution in [1.82, 2.24) is 0 Å². The summed E-state index contributed by atoms with van der Waals surface area (Å²) in [5, 5.41) is -1.16. The van der Waals surface area contributed by atoms with Crippen molar-refractivity contribution in [3.63, 3.8) is 0 Å². The minimum absolute atomic E-state index is 0.0551. The van der Waals surface area contributed by atoms with E-state index in [9.17, 15) is 18.0 Å². The smallest absolute Gasteiger partial charge is 0.325 e. The third-order valence-electron chi connectivity index (χ3n) is 4.59. The van der Waals surface area contributed by atoms with E-state index in [0.29, 0.717) is 5.56 Å².